The quantitative estimate of drug-likeness (QED) is 0.497. The maximum atomic E-state index is 12.7. The van der Waals surface area contributed by atoms with Crippen molar-refractivity contribution < 1.29 is 22.7 Å². The number of morpholine rings is 1. The van der Waals surface area contributed by atoms with Gasteiger partial charge in [0.05, 0.1) is 30.8 Å². The van der Waals surface area contributed by atoms with Crippen LogP contribution in [0.4, 0.5) is 10.7 Å². The van der Waals surface area contributed by atoms with Crippen molar-refractivity contribution in [2.75, 3.05) is 44.0 Å². The van der Waals surface area contributed by atoms with Crippen LogP contribution in [0.25, 0.3) is 0 Å². The van der Waals surface area contributed by atoms with Gasteiger partial charge in [0.25, 0.3) is 0 Å². The maximum Gasteiger partial charge on any atom is 0.341 e. The van der Waals surface area contributed by atoms with E-state index in [9.17, 15) is 13.2 Å². The molecule has 166 valence electrons. The molecule has 1 fully saturated rings. The van der Waals surface area contributed by atoms with E-state index >= 15 is 0 Å². The average Bonchev–Trinajstić information content (AvgIpc) is 3.35. The molecule has 0 amide bonds. The van der Waals surface area contributed by atoms with Crippen LogP contribution < -0.4 is 10.6 Å². The van der Waals surface area contributed by atoms with Crippen molar-refractivity contribution >= 4 is 55.3 Å². The molecule has 0 radical (unpaired) electrons. The van der Waals surface area contributed by atoms with Crippen molar-refractivity contribution in [2.45, 2.75) is 24.2 Å². The highest BCUT2D eigenvalue weighted by Gasteiger charge is 2.28. The van der Waals surface area contributed by atoms with Gasteiger partial charge in [-0.1, -0.05) is 0 Å². The van der Waals surface area contributed by atoms with Gasteiger partial charge in [-0.2, -0.15) is 4.31 Å². The van der Waals surface area contributed by atoms with E-state index in [4.69, 9.17) is 21.7 Å². The van der Waals surface area contributed by atoms with Gasteiger partial charge in [-0.05, 0) is 61.3 Å². The monoisotopic (exact) mass is 481 g/mol. The summed E-state index contributed by atoms with van der Waals surface area (Å²) >= 11 is 6.93. The molecule has 0 unspecified atom stereocenters. The van der Waals surface area contributed by atoms with E-state index in [-0.39, 0.29) is 10.9 Å². The maximum absolute atomic E-state index is 12.7. The number of thiocarbonyl (C=S) groups is 1. The van der Waals surface area contributed by atoms with Gasteiger partial charge in [0.15, 0.2) is 5.11 Å². The number of sulfonamides is 1. The largest absolute Gasteiger partial charge is 0.465 e. The summed E-state index contributed by atoms with van der Waals surface area (Å²) < 4.78 is 37.1. The second-order valence-electron chi connectivity index (χ2n) is 7.17. The van der Waals surface area contributed by atoms with E-state index in [1.54, 1.807) is 24.3 Å². The summed E-state index contributed by atoms with van der Waals surface area (Å²) in [6, 6.07) is 6.43. The Kier molecular flexibility index (Phi) is 6.58. The highest BCUT2D eigenvalue weighted by Crippen LogP contribution is 2.39. The number of hydrogen-bond donors (Lipinski definition) is 2. The standard InChI is InChI=1S/C20H23N3O5S3/c1-27-19(24)17-15-3-2-4-16(15)30-18(17)22-20(29)21-13-5-7-14(8-6-13)31(25,26)23-9-11-28-12-10-23/h5-8H,2-4,9-12H2,1H3,(H2,21,22,29). The van der Waals surface area contributed by atoms with Gasteiger partial charge in [0.1, 0.15) is 5.00 Å². The molecule has 11 heteroatoms. The molecular weight excluding hydrogens is 458 g/mol. The molecule has 4 rings (SSSR count). The number of benzene rings is 1. The molecule has 8 nitrogen and oxygen atoms in total. The van der Waals surface area contributed by atoms with E-state index in [1.165, 1.54) is 27.6 Å². The number of nitrogens with one attached hydrogen (secondary N) is 2. The Morgan fingerprint density at radius 2 is 1.87 bits per heavy atom. The Morgan fingerprint density at radius 3 is 2.55 bits per heavy atom. The molecule has 31 heavy (non-hydrogen) atoms. The second-order valence-corrected chi connectivity index (χ2v) is 10.6. The molecule has 2 heterocycles. The van der Waals surface area contributed by atoms with Crippen LogP contribution in [0.1, 0.15) is 27.2 Å². The molecule has 0 bridgehead atoms. The third-order valence-electron chi connectivity index (χ3n) is 5.26. The van der Waals surface area contributed by atoms with Crippen molar-refractivity contribution in [1.29, 1.82) is 0 Å². The molecule has 1 aliphatic heterocycles. The zero-order valence-corrected chi connectivity index (χ0v) is 19.4. The molecule has 0 saturated carbocycles. The number of ether oxygens (including phenoxy) is 2. The first-order valence-electron chi connectivity index (χ1n) is 9.89. The highest BCUT2D eigenvalue weighted by atomic mass is 32.2. The number of aryl methyl sites for hydroxylation is 1. The molecule has 2 aromatic rings. The highest BCUT2D eigenvalue weighted by molar-refractivity contribution is 7.89. The number of nitrogens with zero attached hydrogens (tertiary/aromatic N) is 1. The van der Waals surface area contributed by atoms with E-state index in [1.807, 2.05) is 0 Å². The topological polar surface area (TPSA) is 97.0 Å². The van der Waals surface area contributed by atoms with E-state index in [0.29, 0.717) is 47.7 Å². The van der Waals surface area contributed by atoms with Gasteiger partial charge in [-0.15, -0.1) is 11.3 Å². The van der Waals surface area contributed by atoms with Gasteiger partial charge >= 0.3 is 5.97 Å². The lowest BCUT2D eigenvalue weighted by molar-refractivity contribution is 0.0601. The number of esters is 1. The Hall–Kier alpha value is -2.05. The number of carbonyl (C=O) groups is 1. The minimum Gasteiger partial charge on any atom is -0.465 e. The smallest absolute Gasteiger partial charge is 0.341 e. The van der Waals surface area contributed by atoms with Crippen molar-refractivity contribution in [2.24, 2.45) is 0 Å². The lowest BCUT2D eigenvalue weighted by atomic mass is 10.1. The SMILES string of the molecule is COC(=O)c1c(NC(=S)Nc2ccc(S(=O)(=O)N3CCOCC3)cc2)sc2c1CCC2. The van der Waals surface area contributed by atoms with Crippen LogP contribution in [0.2, 0.25) is 0 Å². The lowest BCUT2D eigenvalue weighted by Gasteiger charge is -2.26. The van der Waals surface area contributed by atoms with Crippen molar-refractivity contribution in [3.05, 3.63) is 40.3 Å². The van der Waals surface area contributed by atoms with E-state index in [0.717, 1.165) is 24.8 Å². The number of carbonyl (C=O) groups excluding carboxylic acids is 1. The van der Waals surface area contributed by atoms with Crippen molar-refractivity contribution in [3.63, 3.8) is 0 Å². The third kappa shape index (κ3) is 4.60. The third-order valence-corrected chi connectivity index (χ3v) is 8.58. The van der Waals surface area contributed by atoms with Gasteiger partial charge in [0, 0.05) is 23.7 Å². The first-order chi connectivity index (χ1) is 14.9. The first-order valence-corrected chi connectivity index (χ1v) is 12.6. The second kappa shape index (κ2) is 9.21. The van der Waals surface area contributed by atoms with Crippen LogP contribution in [-0.2, 0) is 32.3 Å². The number of thiophene rings is 1. The zero-order valence-electron chi connectivity index (χ0n) is 17.0. The fraction of sp³-hybridized carbons (Fsp3) is 0.400. The Bertz CT molecular complexity index is 1090. The summed E-state index contributed by atoms with van der Waals surface area (Å²) in [6.45, 7) is 1.50. The number of anilines is 2. The summed E-state index contributed by atoms with van der Waals surface area (Å²) in [5, 5.41) is 7.12. The van der Waals surface area contributed by atoms with Crippen molar-refractivity contribution in [1.82, 2.24) is 4.31 Å². The van der Waals surface area contributed by atoms with Crippen molar-refractivity contribution in [3.8, 4) is 0 Å². The summed E-state index contributed by atoms with van der Waals surface area (Å²) in [5.41, 5.74) is 2.23. The van der Waals surface area contributed by atoms with Crippen LogP contribution in [0.3, 0.4) is 0 Å². The Labute approximate surface area is 190 Å². The summed E-state index contributed by atoms with van der Waals surface area (Å²) in [5.74, 6) is -0.373. The molecule has 1 aromatic heterocycles. The van der Waals surface area contributed by atoms with E-state index < -0.39 is 10.0 Å². The number of hydrogen-bond acceptors (Lipinski definition) is 7. The average molecular weight is 482 g/mol. The lowest BCUT2D eigenvalue weighted by Crippen LogP contribution is -2.40. The molecule has 2 N–H and O–H groups in total. The van der Waals surface area contributed by atoms with Crippen LogP contribution in [0, 0.1) is 0 Å². The predicted molar refractivity (Wildman–Crippen MR) is 124 cm³/mol. The number of methoxy groups -OCH3 is 1. The normalized spacial score (nSPS) is 16.5. The van der Waals surface area contributed by atoms with Crippen LogP contribution >= 0.6 is 23.6 Å². The fourth-order valence-corrected chi connectivity index (χ4v) is 6.70. The van der Waals surface area contributed by atoms with Gasteiger partial charge in [-0.3, -0.25) is 0 Å². The minimum absolute atomic E-state index is 0.224. The predicted octanol–water partition coefficient (Wildman–Crippen LogP) is 2.85. The molecule has 0 atom stereocenters. The summed E-state index contributed by atoms with van der Waals surface area (Å²) in [7, 11) is -2.18. The van der Waals surface area contributed by atoms with Crippen LogP contribution in [0.5, 0.6) is 0 Å². The fourth-order valence-electron chi connectivity index (χ4n) is 3.72. The van der Waals surface area contributed by atoms with Gasteiger partial charge in [0.2, 0.25) is 10.0 Å². The number of fused-ring (bicyclic) bond motifs is 1. The zero-order chi connectivity index (χ0) is 22.0. The van der Waals surface area contributed by atoms with Crippen LogP contribution in [-0.4, -0.2) is 57.2 Å². The van der Waals surface area contributed by atoms with E-state index in [2.05, 4.69) is 10.6 Å². The first kappa shape index (κ1) is 22.2. The van der Waals surface area contributed by atoms with Gasteiger partial charge < -0.3 is 20.1 Å². The number of rotatable bonds is 5. The van der Waals surface area contributed by atoms with Crippen LogP contribution in [0.15, 0.2) is 29.2 Å². The summed E-state index contributed by atoms with van der Waals surface area (Å²) in [6.07, 6.45) is 2.84. The molecule has 0 spiro atoms. The van der Waals surface area contributed by atoms with Gasteiger partial charge in [-0.25, -0.2) is 13.2 Å². The molecule has 2 aliphatic rings. The molecule has 1 saturated heterocycles. The molecule has 1 aromatic carbocycles. The Morgan fingerprint density at radius 1 is 1.16 bits per heavy atom. The Balaban J connectivity index is 1.45. The summed E-state index contributed by atoms with van der Waals surface area (Å²) in [4.78, 5) is 13.7. The molecular formula is C20H23N3O5S3. The molecule has 1 aliphatic carbocycles. The minimum atomic E-state index is -3.55.